The van der Waals surface area contributed by atoms with Crippen molar-refractivity contribution in [2.24, 2.45) is 0 Å². The summed E-state index contributed by atoms with van der Waals surface area (Å²) >= 11 is 6.15. The van der Waals surface area contributed by atoms with Crippen LogP contribution in [0.2, 0.25) is 5.02 Å². The summed E-state index contributed by atoms with van der Waals surface area (Å²) in [5, 5.41) is 22.0. The standard InChI is InChI=1S/C34H36ClNO7S/c1-2-42-34(39)24-43-30-13-17-32(18-14-30)44(40,41)31-15-11-25(12-16-31)19-29(23-37)36(21-26-7-4-3-5-8-26)22-33(38)27-9-6-10-28(35)20-27/h3-18,20,29,33,37-38H,2,19,21-24H2,1H3/t29-,33-/m0/s1. The molecule has 0 amide bonds. The summed E-state index contributed by atoms with van der Waals surface area (Å²) in [4.78, 5) is 13.7. The third kappa shape index (κ3) is 9.14. The van der Waals surface area contributed by atoms with Gasteiger partial charge in [-0.3, -0.25) is 4.90 Å². The second-order valence-corrected chi connectivity index (χ2v) is 12.6. The number of sulfone groups is 1. The monoisotopic (exact) mass is 637 g/mol. The van der Waals surface area contributed by atoms with E-state index in [2.05, 4.69) is 0 Å². The molecule has 4 aromatic rings. The molecule has 4 rings (SSSR count). The van der Waals surface area contributed by atoms with Crippen LogP contribution in [0.3, 0.4) is 0 Å². The lowest BCUT2D eigenvalue weighted by Gasteiger charge is -2.32. The highest BCUT2D eigenvalue weighted by Crippen LogP contribution is 2.25. The van der Waals surface area contributed by atoms with Crippen molar-refractivity contribution in [1.29, 1.82) is 0 Å². The summed E-state index contributed by atoms with van der Waals surface area (Å²) in [6.07, 6.45) is -0.403. The summed E-state index contributed by atoms with van der Waals surface area (Å²) in [6, 6.07) is 28.9. The molecule has 8 nitrogen and oxygen atoms in total. The molecule has 44 heavy (non-hydrogen) atoms. The van der Waals surface area contributed by atoms with Crippen molar-refractivity contribution in [2.45, 2.75) is 41.8 Å². The van der Waals surface area contributed by atoms with Gasteiger partial charge in [0.2, 0.25) is 9.84 Å². The number of hydrogen-bond donors (Lipinski definition) is 2. The van der Waals surface area contributed by atoms with E-state index in [1.807, 2.05) is 41.3 Å². The smallest absolute Gasteiger partial charge is 0.344 e. The fourth-order valence-electron chi connectivity index (χ4n) is 4.78. The van der Waals surface area contributed by atoms with Gasteiger partial charge in [-0.1, -0.05) is 66.2 Å². The molecule has 0 aliphatic heterocycles. The van der Waals surface area contributed by atoms with Crippen molar-refractivity contribution in [3.63, 3.8) is 0 Å². The fraction of sp³-hybridized carbons (Fsp3) is 0.265. The molecule has 0 bridgehead atoms. The van der Waals surface area contributed by atoms with Crippen LogP contribution in [0.15, 0.2) is 113 Å². The van der Waals surface area contributed by atoms with Crippen molar-refractivity contribution in [2.75, 3.05) is 26.4 Å². The highest BCUT2D eigenvalue weighted by molar-refractivity contribution is 7.91. The Bertz CT molecular complexity index is 1600. The maximum atomic E-state index is 13.3. The lowest BCUT2D eigenvalue weighted by atomic mass is 10.0. The van der Waals surface area contributed by atoms with Gasteiger partial charge in [0.1, 0.15) is 5.75 Å². The summed E-state index contributed by atoms with van der Waals surface area (Å²) < 4.78 is 36.7. The van der Waals surface area contributed by atoms with Crippen LogP contribution in [-0.2, 0) is 32.3 Å². The van der Waals surface area contributed by atoms with Gasteiger partial charge in [0.25, 0.3) is 0 Å². The zero-order valence-corrected chi connectivity index (χ0v) is 26.0. The third-order valence-corrected chi connectivity index (χ3v) is 9.12. The summed E-state index contributed by atoms with van der Waals surface area (Å²) in [5.74, 6) is -0.156. The maximum Gasteiger partial charge on any atom is 0.344 e. The second-order valence-electron chi connectivity index (χ2n) is 10.2. The minimum atomic E-state index is -3.80. The van der Waals surface area contributed by atoms with Crippen molar-refractivity contribution >= 4 is 27.4 Å². The van der Waals surface area contributed by atoms with E-state index in [0.717, 1.165) is 11.1 Å². The number of rotatable bonds is 15. The molecule has 0 saturated carbocycles. The van der Waals surface area contributed by atoms with Crippen LogP contribution in [0.4, 0.5) is 0 Å². The average molecular weight is 638 g/mol. The van der Waals surface area contributed by atoms with Gasteiger partial charge in [-0.15, -0.1) is 0 Å². The predicted molar refractivity (Wildman–Crippen MR) is 168 cm³/mol. The maximum absolute atomic E-state index is 13.3. The van der Waals surface area contributed by atoms with Crippen LogP contribution in [-0.4, -0.2) is 61.9 Å². The topological polar surface area (TPSA) is 113 Å². The first-order valence-electron chi connectivity index (χ1n) is 14.2. The fourth-order valence-corrected chi connectivity index (χ4v) is 6.24. The van der Waals surface area contributed by atoms with Crippen molar-refractivity contribution in [1.82, 2.24) is 4.90 Å². The Labute approximate surface area is 263 Å². The molecular formula is C34H36ClNO7S. The number of nitrogens with zero attached hydrogens (tertiary/aromatic N) is 1. The Morgan fingerprint density at radius 2 is 1.55 bits per heavy atom. The molecule has 0 aliphatic carbocycles. The van der Waals surface area contributed by atoms with Crippen molar-refractivity contribution in [3.05, 3.63) is 125 Å². The van der Waals surface area contributed by atoms with Crippen LogP contribution in [0.1, 0.15) is 29.7 Å². The van der Waals surface area contributed by atoms with Crippen LogP contribution in [0.5, 0.6) is 5.75 Å². The molecular weight excluding hydrogens is 602 g/mol. The minimum Gasteiger partial charge on any atom is -0.482 e. The molecule has 0 aliphatic rings. The Morgan fingerprint density at radius 1 is 0.886 bits per heavy atom. The lowest BCUT2D eigenvalue weighted by molar-refractivity contribution is -0.145. The van der Waals surface area contributed by atoms with Gasteiger partial charge in [-0.05, 0) is 78.6 Å². The van der Waals surface area contributed by atoms with Gasteiger partial charge in [0.05, 0.1) is 29.1 Å². The SMILES string of the molecule is CCOC(=O)COc1ccc(S(=O)(=O)c2ccc(C[C@@H](CO)N(Cc3ccccc3)C[C@H](O)c3cccc(Cl)c3)cc2)cc1. The van der Waals surface area contributed by atoms with Gasteiger partial charge in [0, 0.05) is 24.2 Å². The predicted octanol–water partition coefficient (Wildman–Crippen LogP) is 5.25. The molecule has 0 spiro atoms. The quantitative estimate of drug-likeness (QED) is 0.170. The van der Waals surface area contributed by atoms with Crippen LogP contribution < -0.4 is 4.74 Å². The van der Waals surface area contributed by atoms with E-state index < -0.39 is 21.9 Å². The first kappa shape index (κ1) is 33.2. The number of hydrogen-bond acceptors (Lipinski definition) is 8. The Hall–Kier alpha value is -3.73. The number of ether oxygens (including phenoxy) is 2. The van der Waals surface area contributed by atoms with Gasteiger partial charge < -0.3 is 19.7 Å². The molecule has 4 aromatic carbocycles. The third-order valence-electron chi connectivity index (χ3n) is 7.10. The lowest BCUT2D eigenvalue weighted by Crippen LogP contribution is -2.41. The van der Waals surface area contributed by atoms with Gasteiger partial charge in [-0.2, -0.15) is 0 Å². The first-order valence-corrected chi connectivity index (χ1v) is 16.1. The highest BCUT2D eigenvalue weighted by Gasteiger charge is 2.24. The molecule has 0 saturated heterocycles. The molecule has 0 fully saturated rings. The van der Waals surface area contributed by atoms with E-state index in [0.29, 0.717) is 29.3 Å². The van der Waals surface area contributed by atoms with Gasteiger partial charge >= 0.3 is 5.97 Å². The number of carbonyl (C=O) groups is 1. The molecule has 0 unspecified atom stereocenters. The Morgan fingerprint density at radius 3 is 2.16 bits per heavy atom. The first-order chi connectivity index (χ1) is 21.2. The van der Waals surface area contributed by atoms with Crippen LogP contribution in [0.25, 0.3) is 0 Å². The summed E-state index contributed by atoms with van der Waals surface area (Å²) in [6.45, 7) is 2.27. The average Bonchev–Trinajstić information content (AvgIpc) is 3.03. The van der Waals surface area contributed by atoms with Gasteiger partial charge in [-0.25, -0.2) is 13.2 Å². The highest BCUT2D eigenvalue weighted by atomic mass is 35.5. The number of aliphatic hydroxyl groups excluding tert-OH is 2. The van der Waals surface area contributed by atoms with E-state index in [1.54, 1.807) is 49.4 Å². The number of carbonyl (C=O) groups excluding carboxylic acids is 1. The van der Waals surface area contributed by atoms with E-state index in [9.17, 15) is 23.4 Å². The largest absolute Gasteiger partial charge is 0.482 e. The normalized spacial score (nSPS) is 12.9. The zero-order valence-electron chi connectivity index (χ0n) is 24.4. The molecule has 0 heterocycles. The number of esters is 1. The van der Waals surface area contributed by atoms with E-state index in [-0.39, 0.29) is 42.2 Å². The van der Waals surface area contributed by atoms with E-state index >= 15 is 0 Å². The van der Waals surface area contributed by atoms with E-state index in [1.165, 1.54) is 24.3 Å². The molecule has 2 N–H and O–H groups in total. The Balaban J connectivity index is 1.47. The van der Waals surface area contributed by atoms with Gasteiger partial charge in [0.15, 0.2) is 6.61 Å². The van der Waals surface area contributed by atoms with E-state index in [4.69, 9.17) is 21.1 Å². The molecule has 232 valence electrons. The van der Waals surface area contributed by atoms with Crippen LogP contribution in [0, 0.1) is 0 Å². The van der Waals surface area contributed by atoms with Crippen molar-refractivity contribution < 1.29 is 32.9 Å². The minimum absolute atomic E-state index is 0.0889. The molecule has 0 radical (unpaired) electrons. The molecule has 0 aromatic heterocycles. The number of benzene rings is 4. The van der Waals surface area contributed by atoms with Crippen molar-refractivity contribution in [3.8, 4) is 5.75 Å². The summed E-state index contributed by atoms with van der Waals surface area (Å²) in [5.41, 5.74) is 2.55. The number of halogens is 1. The molecule has 10 heteroatoms. The zero-order chi connectivity index (χ0) is 31.5. The second kappa shape index (κ2) is 15.8. The number of aliphatic hydroxyl groups is 2. The summed E-state index contributed by atoms with van der Waals surface area (Å²) in [7, 11) is -3.80. The Kier molecular flexibility index (Phi) is 11.9. The van der Waals surface area contributed by atoms with Crippen LogP contribution >= 0.6 is 11.6 Å². The molecule has 2 atom stereocenters.